The minimum atomic E-state index is -0.280. The van der Waals surface area contributed by atoms with Gasteiger partial charge in [0.15, 0.2) is 0 Å². The Morgan fingerprint density at radius 1 is 1.05 bits per heavy atom. The minimum absolute atomic E-state index is 0.0260. The molecular weight excluding hydrogens is 266 g/mol. The fourth-order valence-electron chi connectivity index (χ4n) is 1.87. The summed E-state index contributed by atoms with van der Waals surface area (Å²) in [6, 6.07) is 6.97. The summed E-state index contributed by atoms with van der Waals surface area (Å²) >= 11 is 0. The van der Waals surface area contributed by atoms with E-state index < -0.39 is 0 Å². The third kappa shape index (κ3) is 6.79. The number of amides is 3. The summed E-state index contributed by atoms with van der Waals surface area (Å²) in [7, 11) is 0. The van der Waals surface area contributed by atoms with Crippen LogP contribution in [0.15, 0.2) is 24.3 Å². The van der Waals surface area contributed by atoms with Crippen molar-refractivity contribution in [3.63, 3.8) is 0 Å². The third-order valence-corrected chi connectivity index (χ3v) is 2.88. The van der Waals surface area contributed by atoms with E-state index in [4.69, 9.17) is 0 Å². The molecule has 1 aromatic carbocycles. The Morgan fingerprint density at radius 3 is 2.24 bits per heavy atom. The zero-order valence-electron chi connectivity index (χ0n) is 13.0. The molecule has 3 amide bonds. The smallest absolute Gasteiger partial charge is 0.319 e. The van der Waals surface area contributed by atoms with Crippen LogP contribution in [0.25, 0.3) is 0 Å². The Balaban J connectivity index is 2.62. The van der Waals surface area contributed by atoms with E-state index in [2.05, 4.69) is 22.9 Å². The lowest BCUT2D eigenvalue weighted by Crippen LogP contribution is -2.34. The van der Waals surface area contributed by atoms with E-state index in [-0.39, 0.29) is 18.0 Å². The fourth-order valence-corrected chi connectivity index (χ4v) is 1.87. The largest absolute Gasteiger partial charge is 0.336 e. The highest BCUT2D eigenvalue weighted by Gasteiger charge is 2.09. The first-order chi connectivity index (χ1) is 10.0. The van der Waals surface area contributed by atoms with Crippen molar-refractivity contribution in [1.29, 1.82) is 0 Å². The van der Waals surface area contributed by atoms with Crippen LogP contribution in [0.3, 0.4) is 0 Å². The second-order valence-electron chi connectivity index (χ2n) is 5.30. The summed E-state index contributed by atoms with van der Waals surface area (Å²) in [6.07, 6.45) is 3.51. The van der Waals surface area contributed by atoms with Crippen LogP contribution < -0.4 is 16.0 Å². The first-order valence-corrected chi connectivity index (χ1v) is 7.49. The lowest BCUT2D eigenvalue weighted by Gasteiger charge is -2.14. The van der Waals surface area contributed by atoms with Crippen LogP contribution >= 0.6 is 0 Å². The Labute approximate surface area is 126 Å². The van der Waals surface area contributed by atoms with Gasteiger partial charge in [-0.25, -0.2) is 4.79 Å². The van der Waals surface area contributed by atoms with Crippen molar-refractivity contribution in [2.24, 2.45) is 0 Å². The van der Waals surface area contributed by atoms with Crippen LogP contribution in [-0.4, -0.2) is 18.0 Å². The molecular formula is C16H25N3O2. The van der Waals surface area contributed by atoms with Gasteiger partial charge in [-0.15, -0.1) is 0 Å². The molecule has 0 fully saturated rings. The Bertz CT molecular complexity index is 472. The number of carbonyl (C=O) groups is 2. The van der Waals surface area contributed by atoms with Crippen molar-refractivity contribution >= 4 is 23.3 Å². The Hall–Kier alpha value is -2.04. The highest BCUT2D eigenvalue weighted by molar-refractivity contribution is 5.99. The van der Waals surface area contributed by atoms with Crippen LogP contribution in [0, 0.1) is 0 Å². The Kier molecular flexibility index (Phi) is 7.29. The number of urea groups is 1. The molecule has 0 aliphatic carbocycles. The molecule has 0 saturated heterocycles. The van der Waals surface area contributed by atoms with Gasteiger partial charge in [-0.1, -0.05) is 31.9 Å². The number of carbonyl (C=O) groups excluding carboxylic acids is 2. The van der Waals surface area contributed by atoms with E-state index in [1.165, 1.54) is 0 Å². The first-order valence-electron chi connectivity index (χ1n) is 7.49. The van der Waals surface area contributed by atoms with Crippen molar-refractivity contribution in [2.75, 3.05) is 10.6 Å². The molecule has 116 valence electrons. The molecule has 0 unspecified atom stereocenters. The zero-order valence-corrected chi connectivity index (χ0v) is 13.0. The number of benzene rings is 1. The highest BCUT2D eigenvalue weighted by atomic mass is 16.2. The molecule has 5 nitrogen and oxygen atoms in total. The molecule has 0 heterocycles. The van der Waals surface area contributed by atoms with E-state index in [1.807, 2.05) is 26.0 Å². The molecule has 0 spiro atoms. The monoisotopic (exact) mass is 291 g/mol. The number of hydrogen-bond acceptors (Lipinski definition) is 2. The summed E-state index contributed by atoms with van der Waals surface area (Å²) in [5.74, 6) is -0.0260. The maximum absolute atomic E-state index is 11.9. The second kappa shape index (κ2) is 9.00. The van der Waals surface area contributed by atoms with Gasteiger partial charge in [0.2, 0.25) is 5.91 Å². The minimum Gasteiger partial charge on any atom is -0.336 e. The lowest BCUT2D eigenvalue weighted by molar-refractivity contribution is -0.116. The molecule has 1 rings (SSSR count). The van der Waals surface area contributed by atoms with Gasteiger partial charge in [-0.3, -0.25) is 4.79 Å². The van der Waals surface area contributed by atoms with Crippen molar-refractivity contribution in [2.45, 2.75) is 52.5 Å². The summed E-state index contributed by atoms with van der Waals surface area (Å²) < 4.78 is 0. The van der Waals surface area contributed by atoms with Gasteiger partial charge < -0.3 is 16.0 Å². The van der Waals surface area contributed by atoms with Gasteiger partial charge in [-0.05, 0) is 32.4 Å². The van der Waals surface area contributed by atoms with Crippen LogP contribution in [0.5, 0.6) is 0 Å². The number of hydrogen-bond donors (Lipinski definition) is 3. The average molecular weight is 291 g/mol. The van der Waals surface area contributed by atoms with E-state index in [1.54, 1.807) is 12.1 Å². The third-order valence-electron chi connectivity index (χ3n) is 2.88. The molecule has 0 radical (unpaired) electrons. The van der Waals surface area contributed by atoms with Gasteiger partial charge >= 0.3 is 6.03 Å². The van der Waals surface area contributed by atoms with Crippen molar-refractivity contribution in [1.82, 2.24) is 5.32 Å². The highest BCUT2D eigenvalue weighted by Crippen LogP contribution is 2.21. The lowest BCUT2D eigenvalue weighted by atomic mass is 10.2. The number of para-hydroxylation sites is 2. The van der Waals surface area contributed by atoms with Gasteiger partial charge in [0, 0.05) is 12.5 Å². The fraction of sp³-hybridized carbons (Fsp3) is 0.500. The average Bonchev–Trinajstić information content (AvgIpc) is 2.40. The van der Waals surface area contributed by atoms with Crippen molar-refractivity contribution in [3.8, 4) is 0 Å². The zero-order chi connectivity index (χ0) is 15.7. The molecule has 0 saturated carbocycles. The SMILES string of the molecule is CCCCCC(=O)Nc1ccccc1NC(=O)NC(C)C. The number of nitrogens with one attached hydrogen (secondary N) is 3. The molecule has 1 aromatic rings. The molecule has 3 N–H and O–H groups in total. The van der Waals surface area contributed by atoms with Gasteiger partial charge in [-0.2, -0.15) is 0 Å². The van der Waals surface area contributed by atoms with Crippen LogP contribution in [-0.2, 0) is 4.79 Å². The molecule has 0 aromatic heterocycles. The quantitative estimate of drug-likeness (QED) is 0.670. The summed E-state index contributed by atoms with van der Waals surface area (Å²) in [4.78, 5) is 23.6. The maximum Gasteiger partial charge on any atom is 0.319 e. The molecule has 0 aliphatic rings. The number of unbranched alkanes of at least 4 members (excludes halogenated alkanes) is 2. The van der Waals surface area contributed by atoms with E-state index in [0.717, 1.165) is 19.3 Å². The van der Waals surface area contributed by atoms with E-state index >= 15 is 0 Å². The van der Waals surface area contributed by atoms with Crippen molar-refractivity contribution < 1.29 is 9.59 Å². The number of rotatable bonds is 7. The van der Waals surface area contributed by atoms with Gasteiger partial charge in [0.1, 0.15) is 0 Å². The van der Waals surface area contributed by atoms with Crippen LogP contribution in [0.2, 0.25) is 0 Å². The van der Waals surface area contributed by atoms with Crippen LogP contribution in [0.4, 0.5) is 16.2 Å². The molecule has 21 heavy (non-hydrogen) atoms. The molecule has 5 heteroatoms. The van der Waals surface area contributed by atoms with Crippen LogP contribution in [0.1, 0.15) is 46.5 Å². The topological polar surface area (TPSA) is 70.2 Å². The van der Waals surface area contributed by atoms with Crippen molar-refractivity contribution in [3.05, 3.63) is 24.3 Å². The molecule has 0 atom stereocenters. The predicted octanol–water partition coefficient (Wildman–Crippen LogP) is 3.74. The normalized spacial score (nSPS) is 10.3. The summed E-state index contributed by atoms with van der Waals surface area (Å²) in [5, 5.41) is 8.35. The Morgan fingerprint density at radius 2 is 1.67 bits per heavy atom. The number of anilines is 2. The van der Waals surface area contributed by atoms with Gasteiger partial charge in [0.25, 0.3) is 0 Å². The maximum atomic E-state index is 11.9. The summed E-state index contributed by atoms with van der Waals surface area (Å²) in [5.41, 5.74) is 1.22. The molecule has 0 aliphatic heterocycles. The molecule has 0 bridgehead atoms. The first kappa shape index (κ1) is 17.0. The van der Waals surface area contributed by atoms with E-state index in [0.29, 0.717) is 17.8 Å². The van der Waals surface area contributed by atoms with Gasteiger partial charge in [0.05, 0.1) is 11.4 Å². The van der Waals surface area contributed by atoms with E-state index in [9.17, 15) is 9.59 Å². The standard InChI is InChI=1S/C16H25N3O2/c1-4-5-6-11-15(20)18-13-9-7-8-10-14(13)19-16(21)17-12(2)3/h7-10,12H,4-6,11H2,1-3H3,(H,18,20)(H2,17,19,21). The second-order valence-corrected chi connectivity index (χ2v) is 5.30. The summed E-state index contributed by atoms with van der Waals surface area (Å²) in [6.45, 7) is 5.88. The predicted molar refractivity (Wildman–Crippen MR) is 86.5 cm³/mol.